The van der Waals surface area contributed by atoms with Gasteiger partial charge in [0.05, 0.1) is 12.2 Å². The van der Waals surface area contributed by atoms with Crippen molar-refractivity contribution in [3.8, 4) is 5.75 Å². The highest BCUT2D eigenvalue weighted by atomic mass is 79.9. The molecule has 0 saturated carbocycles. The Labute approximate surface area is 131 Å². The Kier molecular flexibility index (Phi) is 4.67. The summed E-state index contributed by atoms with van der Waals surface area (Å²) >= 11 is 3.40. The maximum atomic E-state index is 12.2. The van der Waals surface area contributed by atoms with Crippen molar-refractivity contribution in [3.63, 3.8) is 0 Å². The van der Waals surface area contributed by atoms with Crippen LogP contribution in [0.2, 0.25) is 0 Å². The van der Waals surface area contributed by atoms with Gasteiger partial charge >= 0.3 is 11.9 Å². The summed E-state index contributed by atoms with van der Waals surface area (Å²) in [6, 6.07) is 5.22. The summed E-state index contributed by atoms with van der Waals surface area (Å²) < 4.78 is 12.1. The molecule has 0 radical (unpaired) electrons. The zero-order valence-electron chi connectivity index (χ0n) is 12.1. The topological polar surface area (TPSA) is 57.5 Å². The van der Waals surface area contributed by atoms with Gasteiger partial charge in [0.15, 0.2) is 0 Å². The van der Waals surface area contributed by atoms with Gasteiger partial charge in [0, 0.05) is 35.9 Å². The van der Waals surface area contributed by atoms with Crippen molar-refractivity contribution < 1.29 is 19.1 Å². The monoisotopic (exact) mass is 353 g/mol. The summed E-state index contributed by atoms with van der Waals surface area (Å²) in [6.45, 7) is 3.41. The van der Waals surface area contributed by atoms with Crippen LogP contribution in [0.15, 0.2) is 18.2 Å². The largest absolute Gasteiger partial charge is 0.462 e. The predicted molar refractivity (Wildman–Crippen MR) is 82.8 cm³/mol. The third-order valence-electron chi connectivity index (χ3n) is 3.16. The van der Waals surface area contributed by atoms with Crippen LogP contribution in [-0.2, 0) is 21.9 Å². The first kappa shape index (κ1) is 15.6. The number of carbonyl (C=O) groups is 2. The molecule has 0 unspecified atom stereocenters. The molecule has 0 amide bonds. The van der Waals surface area contributed by atoms with Crippen molar-refractivity contribution in [2.75, 3.05) is 6.61 Å². The lowest BCUT2D eigenvalue weighted by Crippen LogP contribution is -2.07. The number of hydrogen-bond donors (Lipinski definition) is 0. The van der Waals surface area contributed by atoms with Gasteiger partial charge in [0.1, 0.15) is 5.75 Å². The fraction of sp³-hybridized carbons (Fsp3) is 0.333. The van der Waals surface area contributed by atoms with Gasteiger partial charge in [-0.2, -0.15) is 0 Å². The zero-order valence-corrected chi connectivity index (χ0v) is 13.7. The van der Waals surface area contributed by atoms with E-state index in [4.69, 9.17) is 9.47 Å². The molecular formula is C15H16BrNO4. The number of aryl methyl sites for hydroxylation is 1. The van der Waals surface area contributed by atoms with Crippen LogP contribution in [0.1, 0.15) is 29.9 Å². The molecule has 0 bridgehead atoms. The summed E-state index contributed by atoms with van der Waals surface area (Å²) in [5.74, 6) is -0.367. The van der Waals surface area contributed by atoms with Crippen LogP contribution < -0.4 is 4.74 Å². The van der Waals surface area contributed by atoms with Gasteiger partial charge in [0.25, 0.3) is 0 Å². The fourth-order valence-electron chi connectivity index (χ4n) is 2.29. The highest BCUT2D eigenvalue weighted by Crippen LogP contribution is 2.30. The standard InChI is InChI=1S/C15H16BrNO4/c1-4-20-15(19)14-11-7-10(21-9(2)18)5-6-12(11)17(3)13(14)8-16/h5-7H,4,8H2,1-3H3. The van der Waals surface area contributed by atoms with E-state index in [1.54, 1.807) is 19.1 Å². The SMILES string of the molecule is CCOC(=O)c1c(CBr)n(C)c2ccc(OC(C)=O)cc12. The number of benzene rings is 1. The smallest absolute Gasteiger partial charge is 0.340 e. The molecule has 1 aromatic heterocycles. The van der Waals surface area contributed by atoms with Crippen molar-refractivity contribution >= 4 is 38.8 Å². The summed E-state index contributed by atoms with van der Waals surface area (Å²) in [7, 11) is 1.88. The van der Waals surface area contributed by atoms with E-state index in [2.05, 4.69) is 15.9 Å². The maximum absolute atomic E-state index is 12.2. The van der Waals surface area contributed by atoms with E-state index in [1.165, 1.54) is 6.92 Å². The van der Waals surface area contributed by atoms with Crippen LogP contribution in [0.4, 0.5) is 0 Å². The van der Waals surface area contributed by atoms with Gasteiger partial charge in [-0.1, -0.05) is 15.9 Å². The minimum absolute atomic E-state index is 0.306. The maximum Gasteiger partial charge on any atom is 0.340 e. The summed E-state index contributed by atoms with van der Waals surface area (Å²) in [4.78, 5) is 23.3. The molecule has 0 aliphatic carbocycles. The van der Waals surface area contributed by atoms with Crippen LogP contribution in [0.3, 0.4) is 0 Å². The number of esters is 2. The third-order valence-corrected chi connectivity index (χ3v) is 3.69. The van der Waals surface area contributed by atoms with E-state index in [0.29, 0.717) is 28.6 Å². The van der Waals surface area contributed by atoms with E-state index < -0.39 is 5.97 Å². The Morgan fingerprint density at radius 1 is 1.33 bits per heavy atom. The number of ether oxygens (including phenoxy) is 2. The van der Waals surface area contributed by atoms with Crippen LogP contribution in [0, 0.1) is 0 Å². The Bertz CT molecular complexity index is 705. The molecule has 112 valence electrons. The van der Waals surface area contributed by atoms with Crippen molar-refractivity contribution in [2.45, 2.75) is 19.2 Å². The number of aromatic nitrogens is 1. The molecule has 6 heteroatoms. The average molecular weight is 354 g/mol. The lowest BCUT2D eigenvalue weighted by Gasteiger charge is -2.04. The van der Waals surface area contributed by atoms with Crippen molar-refractivity contribution in [1.82, 2.24) is 4.57 Å². The second-order valence-electron chi connectivity index (χ2n) is 4.51. The van der Waals surface area contributed by atoms with Crippen molar-refractivity contribution in [2.24, 2.45) is 7.05 Å². The van der Waals surface area contributed by atoms with E-state index in [1.807, 2.05) is 17.7 Å². The summed E-state index contributed by atoms with van der Waals surface area (Å²) in [5.41, 5.74) is 2.20. The minimum Gasteiger partial charge on any atom is -0.462 e. The first-order chi connectivity index (χ1) is 9.99. The highest BCUT2D eigenvalue weighted by Gasteiger charge is 2.22. The Balaban J connectivity index is 2.66. The van der Waals surface area contributed by atoms with Gasteiger partial charge in [-0.3, -0.25) is 4.79 Å². The number of halogens is 1. The Morgan fingerprint density at radius 3 is 2.62 bits per heavy atom. The van der Waals surface area contributed by atoms with Crippen molar-refractivity contribution in [3.05, 3.63) is 29.5 Å². The molecule has 0 fully saturated rings. The Hall–Kier alpha value is -1.82. The van der Waals surface area contributed by atoms with Crippen LogP contribution in [0.5, 0.6) is 5.75 Å². The van der Waals surface area contributed by atoms with Gasteiger partial charge in [0.2, 0.25) is 0 Å². The number of carbonyl (C=O) groups excluding carboxylic acids is 2. The molecule has 1 aromatic carbocycles. The molecule has 2 rings (SSSR count). The molecule has 0 aliphatic heterocycles. The molecule has 0 saturated heterocycles. The normalized spacial score (nSPS) is 10.7. The quantitative estimate of drug-likeness (QED) is 0.481. The molecule has 0 N–H and O–H groups in total. The number of rotatable bonds is 4. The molecule has 21 heavy (non-hydrogen) atoms. The van der Waals surface area contributed by atoms with E-state index >= 15 is 0 Å². The first-order valence-corrected chi connectivity index (χ1v) is 7.64. The predicted octanol–water partition coefficient (Wildman–Crippen LogP) is 3.18. The fourth-order valence-corrected chi connectivity index (χ4v) is 2.95. The molecular weight excluding hydrogens is 338 g/mol. The second-order valence-corrected chi connectivity index (χ2v) is 5.07. The number of nitrogens with zero attached hydrogens (tertiary/aromatic N) is 1. The van der Waals surface area contributed by atoms with Crippen molar-refractivity contribution in [1.29, 1.82) is 0 Å². The minimum atomic E-state index is -0.399. The molecule has 0 spiro atoms. The van der Waals surface area contributed by atoms with Gasteiger partial charge < -0.3 is 14.0 Å². The number of fused-ring (bicyclic) bond motifs is 1. The average Bonchev–Trinajstić information content (AvgIpc) is 2.70. The molecule has 2 aromatic rings. The van der Waals surface area contributed by atoms with Gasteiger partial charge in [-0.05, 0) is 25.1 Å². The van der Waals surface area contributed by atoms with E-state index in [9.17, 15) is 9.59 Å². The van der Waals surface area contributed by atoms with Crippen LogP contribution >= 0.6 is 15.9 Å². The second kappa shape index (κ2) is 6.30. The number of alkyl halides is 1. The number of hydrogen-bond acceptors (Lipinski definition) is 4. The lowest BCUT2D eigenvalue weighted by molar-refractivity contribution is -0.131. The zero-order chi connectivity index (χ0) is 15.6. The molecule has 5 nitrogen and oxygen atoms in total. The van der Waals surface area contributed by atoms with Crippen LogP contribution in [0.25, 0.3) is 10.9 Å². The first-order valence-electron chi connectivity index (χ1n) is 6.52. The van der Waals surface area contributed by atoms with Gasteiger partial charge in [-0.15, -0.1) is 0 Å². The highest BCUT2D eigenvalue weighted by molar-refractivity contribution is 9.08. The lowest BCUT2D eigenvalue weighted by atomic mass is 10.1. The van der Waals surface area contributed by atoms with Gasteiger partial charge in [-0.25, -0.2) is 4.79 Å². The third kappa shape index (κ3) is 2.95. The van der Waals surface area contributed by atoms with Crippen LogP contribution in [-0.4, -0.2) is 23.1 Å². The Morgan fingerprint density at radius 2 is 2.05 bits per heavy atom. The van der Waals surface area contributed by atoms with E-state index in [-0.39, 0.29) is 5.97 Å². The van der Waals surface area contributed by atoms with E-state index in [0.717, 1.165) is 11.2 Å². The molecule has 0 atom stereocenters. The summed E-state index contributed by atoms with van der Waals surface area (Å²) in [5, 5.41) is 1.24. The summed E-state index contributed by atoms with van der Waals surface area (Å²) in [6.07, 6.45) is 0. The molecule has 1 heterocycles. The molecule has 0 aliphatic rings.